The van der Waals surface area contributed by atoms with Crippen molar-refractivity contribution in [3.05, 3.63) is 70.1 Å². The van der Waals surface area contributed by atoms with Crippen LogP contribution < -0.4 is 15.5 Å². The third-order valence-electron chi connectivity index (χ3n) is 4.94. The average Bonchev–Trinajstić information content (AvgIpc) is 2.74. The number of para-hydroxylation sites is 1. The van der Waals surface area contributed by atoms with Crippen molar-refractivity contribution in [2.24, 2.45) is 5.73 Å². The molecule has 1 fully saturated rings. The predicted octanol–water partition coefficient (Wildman–Crippen LogP) is 4.37. The zero-order chi connectivity index (χ0) is 20.4. The minimum Gasteiger partial charge on any atom is -0.366 e. The highest BCUT2D eigenvalue weighted by Gasteiger charge is 2.22. The molecule has 0 amide bonds. The van der Waals surface area contributed by atoms with Gasteiger partial charge in [-0.25, -0.2) is 14.4 Å². The van der Waals surface area contributed by atoms with Crippen molar-refractivity contribution in [3.8, 4) is 11.3 Å². The van der Waals surface area contributed by atoms with Crippen LogP contribution in [0.25, 0.3) is 11.3 Å². The topological polar surface area (TPSA) is 58.3 Å². The number of anilines is 2. The Bertz CT molecular complexity index is 1020. The van der Waals surface area contributed by atoms with Gasteiger partial charge in [0.25, 0.3) is 0 Å². The van der Waals surface area contributed by atoms with Gasteiger partial charge in [-0.3, -0.25) is 0 Å². The zero-order valence-electron chi connectivity index (χ0n) is 15.7. The lowest BCUT2D eigenvalue weighted by Gasteiger charge is -2.36. The molecule has 0 atom stereocenters. The third-order valence-corrected chi connectivity index (χ3v) is 5.49. The molecule has 1 saturated heterocycles. The minimum absolute atomic E-state index is 0.206. The fraction of sp³-hybridized carbons (Fsp3) is 0.238. The molecule has 0 spiro atoms. The van der Waals surface area contributed by atoms with Crippen LogP contribution in [-0.4, -0.2) is 36.1 Å². The Kier molecular flexibility index (Phi) is 5.85. The number of hydrogen-bond acceptors (Lipinski definition) is 5. The van der Waals surface area contributed by atoms with Crippen molar-refractivity contribution in [2.75, 3.05) is 36.0 Å². The summed E-state index contributed by atoms with van der Waals surface area (Å²) < 4.78 is 14.1. The molecular weight excluding hydrogens is 412 g/mol. The monoisotopic (exact) mass is 431 g/mol. The second-order valence-corrected chi connectivity index (χ2v) is 7.64. The number of benzene rings is 2. The smallest absolute Gasteiger partial charge is 0.226 e. The van der Waals surface area contributed by atoms with E-state index < -0.39 is 0 Å². The summed E-state index contributed by atoms with van der Waals surface area (Å²) in [5.41, 5.74) is 8.69. The van der Waals surface area contributed by atoms with Gasteiger partial charge in [0.1, 0.15) is 5.82 Å². The summed E-state index contributed by atoms with van der Waals surface area (Å²) >= 11 is 12.4. The van der Waals surface area contributed by atoms with E-state index in [-0.39, 0.29) is 5.82 Å². The summed E-state index contributed by atoms with van der Waals surface area (Å²) in [6.45, 7) is 3.00. The summed E-state index contributed by atoms with van der Waals surface area (Å²) in [5, 5.41) is 1.09. The first-order valence-electron chi connectivity index (χ1n) is 9.33. The van der Waals surface area contributed by atoms with Crippen LogP contribution in [-0.2, 0) is 6.54 Å². The van der Waals surface area contributed by atoms with Gasteiger partial charge in [-0.2, -0.15) is 0 Å². The summed E-state index contributed by atoms with van der Waals surface area (Å²) in [4.78, 5) is 13.4. The number of nitrogens with zero attached hydrogens (tertiary/aromatic N) is 4. The van der Waals surface area contributed by atoms with Gasteiger partial charge in [0, 0.05) is 43.3 Å². The molecule has 150 valence electrons. The first kappa shape index (κ1) is 19.9. The molecule has 0 saturated carbocycles. The van der Waals surface area contributed by atoms with Crippen LogP contribution in [0.4, 0.5) is 16.0 Å². The largest absolute Gasteiger partial charge is 0.366 e. The molecule has 8 heteroatoms. The summed E-state index contributed by atoms with van der Waals surface area (Å²) in [6.07, 6.45) is 0. The number of hydrogen-bond donors (Lipinski definition) is 1. The molecule has 3 aromatic rings. The maximum Gasteiger partial charge on any atom is 0.226 e. The van der Waals surface area contributed by atoms with Gasteiger partial charge in [-0.15, -0.1) is 0 Å². The van der Waals surface area contributed by atoms with Crippen molar-refractivity contribution >= 4 is 34.8 Å². The fourth-order valence-corrected chi connectivity index (χ4v) is 3.93. The Balaban J connectivity index is 1.58. The van der Waals surface area contributed by atoms with E-state index in [1.165, 1.54) is 6.07 Å². The van der Waals surface area contributed by atoms with Crippen molar-refractivity contribution < 1.29 is 4.39 Å². The van der Waals surface area contributed by atoms with E-state index >= 15 is 0 Å². The van der Waals surface area contributed by atoms with E-state index in [1.807, 2.05) is 23.1 Å². The number of nitrogens with two attached hydrogens (primary N) is 1. The third kappa shape index (κ3) is 4.29. The number of rotatable bonds is 4. The second-order valence-electron chi connectivity index (χ2n) is 6.80. The standard InChI is InChI=1S/C21H20Cl2FN5/c22-14-5-6-16(17(23)11-14)19-12-15(13-25)26-21(27-19)29-9-7-28(8-10-29)20-4-2-1-3-18(20)24/h1-6,11-12H,7-10,13,25H2. The van der Waals surface area contributed by atoms with Crippen molar-refractivity contribution in [1.29, 1.82) is 0 Å². The van der Waals surface area contributed by atoms with Crippen molar-refractivity contribution in [2.45, 2.75) is 6.54 Å². The van der Waals surface area contributed by atoms with Gasteiger partial charge in [0.2, 0.25) is 5.95 Å². The SMILES string of the molecule is NCc1cc(-c2ccc(Cl)cc2Cl)nc(N2CCN(c3ccccc3F)CC2)n1. The lowest BCUT2D eigenvalue weighted by Crippen LogP contribution is -2.47. The minimum atomic E-state index is -0.206. The molecular formula is C21H20Cl2FN5. The van der Waals surface area contributed by atoms with E-state index in [9.17, 15) is 4.39 Å². The molecule has 0 radical (unpaired) electrons. The van der Waals surface area contributed by atoms with E-state index in [0.29, 0.717) is 60.1 Å². The van der Waals surface area contributed by atoms with Gasteiger partial charge < -0.3 is 15.5 Å². The molecule has 1 aromatic heterocycles. The van der Waals surface area contributed by atoms with Crippen LogP contribution in [0.3, 0.4) is 0 Å². The first-order valence-corrected chi connectivity index (χ1v) is 10.1. The lowest BCUT2D eigenvalue weighted by atomic mass is 10.1. The van der Waals surface area contributed by atoms with Crippen LogP contribution in [0.5, 0.6) is 0 Å². The molecule has 2 heterocycles. The Hall–Kier alpha value is -2.41. The predicted molar refractivity (Wildman–Crippen MR) is 116 cm³/mol. The Morgan fingerprint density at radius 2 is 1.66 bits per heavy atom. The van der Waals surface area contributed by atoms with E-state index in [2.05, 4.69) is 9.88 Å². The Morgan fingerprint density at radius 1 is 0.931 bits per heavy atom. The lowest BCUT2D eigenvalue weighted by molar-refractivity contribution is 0.593. The van der Waals surface area contributed by atoms with Gasteiger partial charge >= 0.3 is 0 Å². The molecule has 5 nitrogen and oxygen atoms in total. The van der Waals surface area contributed by atoms with Crippen LogP contribution in [0.2, 0.25) is 10.0 Å². The molecule has 0 aliphatic carbocycles. The van der Waals surface area contributed by atoms with Crippen molar-refractivity contribution in [3.63, 3.8) is 0 Å². The summed E-state index contributed by atoms with van der Waals surface area (Å²) in [5.74, 6) is 0.393. The summed E-state index contributed by atoms with van der Waals surface area (Å²) in [6, 6.07) is 14.0. The van der Waals surface area contributed by atoms with E-state index in [0.717, 1.165) is 11.3 Å². The molecule has 4 rings (SSSR count). The first-order chi connectivity index (χ1) is 14.0. The zero-order valence-corrected chi connectivity index (χ0v) is 17.2. The number of piperazine rings is 1. The molecule has 29 heavy (non-hydrogen) atoms. The molecule has 2 aromatic carbocycles. The highest BCUT2D eigenvalue weighted by Crippen LogP contribution is 2.31. The molecule has 1 aliphatic heterocycles. The Morgan fingerprint density at radius 3 is 2.34 bits per heavy atom. The van der Waals surface area contributed by atoms with E-state index in [4.69, 9.17) is 33.9 Å². The quantitative estimate of drug-likeness (QED) is 0.664. The maximum atomic E-state index is 14.1. The van der Waals surface area contributed by atoms with Gasteiger partial charge in [0.15, 0.2) is 0 Å². The molecule has 1 aliphatic rings. The average molecular weight is 432 g/mol. The van der Waals surface area contributed by atoms with Crippen molar-refractivity contribution in [1.82, 2.24) is 9.97 Å². The maximum absolute atomic E-state index is 14.1. The number of halogens is 3. The van der Waals surface area contributed by atoms with Crippen LogP contribution in [0.1, 0.15) is 5.69 Å². The molecule has 2 N–H and O–H groups in total. The highest BCUT2D eigenvalue weighted by molar-refractivity contribution is 6.36. The van der Waals surface area contributed by atoms with E-state index in [1.54, 1.807) is 24.3 Å². The second kappa shape index (κ2) is 8.53. The normalized spacial score (nSPS) is 14.3. The molecule has 0 unspecified atom stereocenters. The van der Waals surface area contributed by atoms with Gasteiger partial charge in [-0.05, 0) is 36.4 Å². The highest BCUT2D eigenvalue weighted by atomic mass is 35.5. The fourth-order valence-electron chi connectivity index (χ4n) is 3.42. The molecule has 0 bridgehead atoms. The van der Waals surface area contributed by atoms with Crippen LogP contribution >= 0.6 is 23.2 Å². The van der Waals surface area contributed by atoms with Crippen LogP contribution in [0, 0.1) is 5.82 Å². The number of aromatic nitrogens is 2. The Labute approximate surface area is 178 Å². The van der Waals surface area contributed by atoms with Gasteiger partial charge in [-0.1, -0.05) is 35.3 Å². The van der Waals surface area contributed by atoms with Gasteiger partial charge in [0.05, 0.1) is 22.1 Å². The van der Waals surface area contributed by atoms with Crippen LogP contribution in [0.15, 0.2) is 48.5 Å². The summed E-state index contributed by atoms with van der Waals surface area (Å²) in [7, 11) is 0.